The third kappa shape index (κ3) is 4.59. The van der Waals surface area contributed by atoms with E-state index in [1.54, 1.807) is 35.0 Å². The topological polar surface area (TPSA) is 59.8 Å². The Balaban J connectivity index is 1.77. The van der Waals surface area contributed by atoms with Gasteiger partial charge in [-0.3, -0.25) is 4.79 Å². The van der Waals surface area contributed by atoms with Crippen LogP contribution < -0.4 is 5.32 Å². The molecule has 0 fully saturated rings. The highest BCUT2D eigenvalue weighted by Crippen LogP contribution is 2.27. The van der Waals surface area contributed by atoms with Gasteiger partial charge in [0.15, 0.2) is 5.82 Å². The summed E-state index contributed by atoms with van der Waals surface area (Å²) in [6, 6.07) is 18.0. The minimum atomic E-state index is -0.458. The molecule has 5 nitrogen and oxygen atoms in total. The van der Waals surface area contributed by atoms with Gasteiger partial charge in [0, 0.05) is 26.3 Å². The van der Waals surface area contributed by atoms with Crippen molar-refractivity contribution >= 4 is 46.4 Å². The second-order valence-electron chi connectivity index (χ2n) is 7.03. The second-order valence-corrected chi connectivity index (χ2v) is 8.28. The van der Waals surface area contributed by atoms with E-state index < -0.39 is 5.91 Å². The quantitative estimate of drug-likeness (QED) is 0.357. The molecule has 0 aliphatic rings. The first-order valence-corrected chi connectivity index (χ1v) is 10.5. The third-order valence-electron chi connectivity index (χ3n) is 4.72. The highest BCUT2D eigenvalue weighted by molar-refractivity contribution is 6.32. The Hall–Kier alpha value is -2.86. The predicted octanol–water partition coefficient (Wildman–Crippen LogP) is 6.76. The normalized spacial score (nSPS) is 10.9. The summed E-state index contributed by atoms with van der Waals surface area (Å²) >= 11 is 18.7. The maximum Gasteiger partial charge on any atom is 0.295 e. The summed E-state index contributed by atoms with van der Waals surface area (Å²) in [5.41, 5.74) is 3.80. The number of hydrogen-bond donors (Lipinski definition) is 1. The second kappa shape index (κ2) is 8.71. The lowest BCUT2D eigenvalue weighted by Gasteiger charge is -2.08. The van der Waals surface area contributed by atoms with Gasteiger partial charge in [-0.25, -0.2) is 9.67 Å². The number of rotatable bonds is 4. The lowest BCUT2D eigenvalue weighted by atomic mass is 10.2. The van der Waals surface area contributed by atoms with Gasteiger partial charge in [0.1, 0.15) is 0 Å². The van der Waals surface area contributed by atoms with E-state index in [0.717, 1.165) is 11.1 Å². The Morgan fingerprint density at radius 2 is 1.61 bits per heavy atom. The molecular weight excluding hydrogens is 455 g/mol. The van der Waals surface area contributed by atoms with Gasteiger partial charge >= 0.3 is 0 Å². The Morgan fingerprint density at radius 3 is 2.29 bits per heavy atom. The number of carbonyl (C=O) groups is 1. The minimum Gasteiger partial charge on any atom is -0.319 e. The molecule has 31 heavy (non-hydrogen) atoms. The fraction of sp³-hybridized carbons (Fsp3) is 0.0870. The van der Waals surface area contributed by atoms with E-state index in [0.29, 0.717) is 37.8 Å². The summed E-state index contributed by atoms with van der Waals surface area (Å²) in [7, 11) is 0. The van der Waals surface area contributed by atoms with Crippen LogP contribution in [-0.2, 0) is 0 Å². The molecule has 0 bridgehead atoms. The monoisotopic (exact) mass is 470 g/mol. The lowest BCUT2D eigenvalue weighted by molar-refractivity contribution is 0.101. The van der Waals surface area contributed by atoms with Crippen LogP contribution in [0, 0.1) is 13.8 Å². The maximum absolute atomic E-state index is 12.9. The molecule has 0 unspecified atom stereocenters. The molecule has 4 aromatic rings. The van der Waals surface area contributed by atoms with E-state index >= 15 is 0 Å². The van der Waals surface area contributed by atoms with E-state index in [1.165, 1.54) is 0 Å². The van der Waals surface area contributed by atoms with Gasteiger partial charge in [-0.05, 0) is 61.4 Å². The summed E-state index contributed by atoms with van der Waals surface area (Å²) in [5.74, 6) is 0.0121. The van der Waals surface area contributed by atoms with Crippen LogP contribution in [0.1, 0.15) is 21.7 Å². The molecule has 8 heteroatoms. The zero-order chi connectivity index (χ0) is 22.1. The summed E-state index contributed by atoms with van der Waals surface area (Å²) < 4.78 is 1.58. The molecule has 1 N–H and O–H groups in total. The molecular formula is C23H17Cl3N4O. The van der Waals surface area contributed by atoms with Crippen molar-refractivity contribution in [3.8, 4) is 17.1 Å². The van der Waals surface area contributed by atoms with E-state index in [4.69, 9.17) is 34.8 Å². The van der Waals surface area contributed by atoms with Crippen molar-refractivity contribution in [1.29, 1.82) is 0 Å². The van der Waals surface area contributed by atoms with Crippen LogP contribution >= 0.6 is 34.8 Å². The number of hydrogen-bond acceptors (Lipinski definition) is 3. The van der Waals surface area contributed by atoms with Crippen molar-refractivity contribution in [2.75, 3.05) is 5.32 Å². The number of benzene rings is 3. The van der Waals surface area contributed by atoms with E-state index in [-0.39, 0.29) is 5.82 Å². The van der Waals surface area contributed by atoms with Crippen LogP contribution in [0.5, 0.6) is 0 Å². The number of aromatic nitrogens is 3. The first-order valence-electron chi connectivity index (χ1n) is 9.39. The van der Waals surface area contributed by atoms with Gasteiger partial charge in [-0.2, -0.15) is 0 Å². The van der Waals surface area contributed by atoms with Crippen molar-refractivity contribution in [1.82, 2.24) is 14.8 Å². The molecule has 0 saturated carbocycles. The predicted molar refractivity (Wildman–Crippen MR) is 126 cm³/mol. The number of nitrogens with one attached hydrogen (secondary N) is 1. The molecule has 0 spiro atoms. The molecule has 0 atom stereocenters. The molecule has 3 aromatic carbocycles. The average molecular weight is 472 g/mol. The van der Waals surface area contributed by atoms with E-state index in [1.807, 2.05) is 44.2 Å². The fourth-order valence-corrected chi connectivity index (χ4v) is 3.52. The molecule has 0 aliphatic carbocycles. The summed E-state index contributed by atoms with van der Waals surface area (Å²) in [6.45, 7) is 3.80. The van der Waals surface area contributed by atoms with Crippen LogP contribution in [0.4, 0.5) is 5.69 Å². The lowest BCUT2D eigenvalue weighted by Crippen LogP contribution is -2.14. The Kier molecular flexibility index (Phi) is 6.01. The molecule has 0 radical (unpaired) electrons. The van der Waals surface area contributed by atoms with Crippen LogP contribution in [0.25, 0.3) is 17.1 Å². The largest absolute Gasteiger partial charge is 0.319 e. The molecule has 1 heterocycles. The summed E-state index contributed by atoms with van der Waals surface area (Å²) in [5, 5.41) is 8.94. The Labute approximate surface area is 194 Å². The van der Waals surface area contributed by atoms with Crippen molar-refractivity contribution in [3.05, 3.63) is 92.7 Å². The van der Waals surface area contributed by atoms with Crippen molar-refractivity contribution < 1.29 is 4.79 Å². The highest BCUT2D eigenvalue weighted by Gasteiger charge is 2.20. The number of halogens is 3. The van der Waals surface area contributed by atoms with E-state index in [2.05, 4.69) is 15.4 Å². The van der Waals surface area contributed by atoms with Crippen LogP contribution in [-0.4, -0.2) is 20.7 Å². The van der Waals surface area contributed by atoms with Gasteiger partial charge in [0.2, 0.25) is 5.82 Å². The van der Waals surface area contributed by atoms with E-state index in [9.17, 15) is 4.79 Å². The molecule has 0 aliphatic heterocycles. The number of amides is 1. The molecule has 1 aromatic heterocycles. The maximum atomic E-state index is 12.9. The van der Waals surface area contributed by atoms with Gasteiger partial charge in [0.25, 0.3) is 5.91 Å². The Morgan fingerprint density at radius 1 is 0.903 bits per heavy atom. The Bertz CT molecular complexity index is 1300. The van der Waals surface area contributed by atoms with Gasteiger partial charge in [-0.15, -0.1) is 5.10 Å². The molecule has 1 amide bonds. The zero-order valence-corrected chi connectivity index (χ0v) is 18.9. The molecule has 156 valence electrons. The standard InChI is InChI=1S/C23H17Cl3N4O/c1-13-6-8-17(11-19(13)25)27-23(31)21-28-22(15-4-3-5-16(24)10-15)30(29-21)18-9-7-14(2)20(26)12-18/h3-12H,1-2H3,(H,27,31). The van der Waals surface area contributed by atoms with Crippen LogP contribution in [0.15, 0.2) is 60.7 Å². The number of nitrogens with zero attached hydrogens (tertiary/aromatic N) is 3. The summed E-state index contributed by atoms with van der Waals surface area (Å²) in [6.07, 6.45) is 0. The fourth-order valence-electron chi connectivity index (χ4n) is 2.97. The highest BCUT2D eigenvalue weighted by atomic mass is 35.5. The SMILES string of the molecule is Cc1ccc(NC(=O)c2nc(-c3cccc(Cl)c3)n(-c3ccc(C)c(Cl)c3)n2)cc1Cl. The first kappa shape index (κ1) is 21.4. The van der Waals surface area contributed by atoms with Crippen molar-refractivity contribution in [2.24, 2.45) is 0 Å². The van der Waals surface area contributed by atoms with Crippen molar-refractivity contribution in [2.45, 2.75) is 13.8 Å². The number of anilines is 1. The van der Waals surface area contributed by atoms with Crippen molar-refractivity contribution in [3.63, 3.8) is 0 Å². The molecule has 0 saturated heterocycles. The number of aryl methyl sites for hydroxylation is 2. The van der Waals surface area contributed by atoms with Gasteiger partial charge < -0.3 is 5.32 Å². The number of carbonyl (C=O) groups excluding carboxylic acids is 1. The van der Waals surface area contributed by atoms with Gasteiger partial charge in [-0.1, -0.05) is 59.1 Å². The summed E-state index contributed by atoms with van der Waals surface area (Å²) in [4.78, 5) is 17.4. The third-order valence-corrected chi connectivity index (χ3v) is 5.77. The minimum absolute atomic E-state index is 0.00312. The smallest absolute Gasteiger partial charge is 0.295 e. The van der Waals surface area contributed by atoms with Crippen LogP contribution in [0.2, 0.25) is 15.1 Å². The molecule has 4 rings (SSSR count). The zero-order valence-electron chi connectivity index (χ0n) is 16.7. The van der Waals surface area contributed by atoms with Crippen LogP contribution in [0.3, 0.4) is 0 Å². The van der Waals surface area contributed by atoms with Gasteiger partial charge in [0.05, 0.1) is 5.69 Å². The first-order chi connectivity index (χ1) is 14.8. The average Bonchev–Trinajstić information content (AvgIpc) is 3.18.